The predicted octanol–water partition coefficient (Wildman–Crippen LogP) is 2.21. The molecule has 0 saturated heterocycles. The fourth-order valence-corrected chi connectivity index (χ4v) is 2.68. The second-order valence-electron chi connectivity index (χ2n) is 5.94. The van der Waals surface area contributed by atoms with E-state index in [9.17, 15) is 4.21 Å². The van der Waals surface area contributed by atoms with Crippen LogP contribution in [0.15, 0.2) is 29.3 Å². The summed E-state index contributed by atoms with van der Waals surface area (Å²) in [6.07, 6.45) is 0. The van der Waals surface area contributed by atoms with Crippen molar-refractivity contribution in [3.8, 4) is 0 Å². The van der Waals surface area contributed by atoms with Crippen molar-refractivity contribution in [3.05, 3.63) is 35.4 Å². The molecule has 1 rings (SSSR count). The number of nitrogens with zero attached hydrogens (tertiary/aromatic N) is 1. The molecule has 1 atom stereocenters. The van der Waals surface area contributed by atoms with E-state index in [0.717, 1.165) is 12.5 Å². The monoisotopic (exact) mass is 309 g/mol. The van der Waals surface area contributed by atoms with Gasteiger partial charge in [0.2, 0.25) is 0 Å². The largest absolute Gasteiger partial charge is 0.355 e. The lowest BCUT2D eigenvalue weighted by atomic mass is 10.1. The summed E-state index contributed by atoms with van der Waals surface area (Å²) in [7, 11) is 0.899. The van der Waals surface area contributed by atoms with E-state index in [1.165, 1.54) is 11.1 Å². The van der Waals surface area contributed by atoms with Crippen LogP contribution in [0.1, 0.15) is 31.9 Å². The van der Waals surface area contributed by atoms with E-state index in [0.29, 0.717) is 12.3 Å². The van der Waals surface area contributed by atoms with E-state index in [4.69, 9.17) is 0 Å². The SMILES string of the molecule is CN=C(NCCS(=O)C(C)(C)C)NCc1ccccc1C. The summed E-state index contributed by atoms with van der Waals surface area (Å²) in [4.78, 5) is 4.19. The van der Waals surface area contributed by atoms with Crippen LogP contribution >= 0.6 is 0 Å². The third kappa shape index (κ3) is 6.29. The van der Waals surface area contributed by atoms with E-state index in [1.54, 1.807) is 7.05 Å². The summed E-state index contributed by atoms with van der Waals surface area (Å²) in [5, 5.41) is 6.49. The summed E-state index contributed by atoms with van der Waals surface area (Å²) in [6.45, 7) is 9.46. The Morgan fingerprint density at radius 3 is 2.48 bits per heavy atom. The third-order valence-corrected chi connectivity index (χ3v) is 5.14. The van der Waals surface area contributed by atoms with Gasteiger partial charge in [-0.25, -0.2) is 0 Å². The number of nitrogens with one attached hydrogen (secondary N) is 2. The second kappa shape index (κ2) is 8.17. The van der Waals surface area contributed by atoms with Crippen LogP contribution in [-0.4, -0.2) is 34.3 Å². The van der Waals surface area contributed by atoms with Gasteiger partial charge < -0.3 is 10.6 Å². The minimum Gasteiger partial charge on any atom is -0.355 e. The molecule has 1 aromatic carbocycles. The average Bonchev–Trinajstić information content (AvgIpc) is 2.42. The van der Waals surface area contributed by atoms with Crippen LogP contribution in [0.2, 0.25) is 0 Å². The van der Waals surface area contributed by atoms with Crippen LogP contribution in [0.3, 0.4) is 0 Å². The van der Waals surface area contributed by atoms with Crippen LogP contribution in [0.4, 0.5) is 0 Å². The Labute approximate surface area is 130 Å². The number of hydrogen-bond acceptors (Lipinski definition) is 2. The van der Waals surface area contributed by atoms with Gasteiger partial charge in [0, 0.05) is 41.4 Å². The highest BCUT2D eigenvalue weighted by atomic mass is 32.2. The van der Waals surface area contributed by atoms with E-state index < -0.39 is 10.8 Å². The fourth-order valence-electron chi connectivity index (χ4n) is 1.78. The van der Waals surface area contributed by atoms with Crippen molar-refractivity contribution in [2.45, 2.75) is 39.0 Å². The van der Waals surface area contributed by atoms with Crippen molar-refractivity contribution in [2.24, 2.45) is 4.99 Å². The lowest BCUT2D eigenvalue weighted by Crippen LogP contribution is -2.40. The zero-order chi connectivity index (χ0) is 15.9. The van der Waals surface area contributed by atoms with Gasteiger partial charge in [0.15, 0.2) is 5.96 Å². The number of rotatable bonds is 5. The molecule has 0 aromatic heterocycles. The maximum absolute atomic E-state index is 12.0. The van der Waals surface area contributed by atoms with Crippen molar-refractivity contribution in [1.29, 1.82) is 0 Å². The highest BCUT2D eigenvalue weighted by Gasteiger charge is 2.18. The molecule has 4 nitrogen and oxygen atoms in total. The van der Waals surface area contributed by atoms with E-state index in [2.05, 4.69) is 34.7 Å². The number of aryl methyl sites for hydroxylation is 1. The molecule has 0 amide bonds. The molecular formula is C16H27N3OS. The topological polar surface area (TPSA) is 53.5 Å². The van der Waals surface area contributed by atoms with Crippen LogP contribution in [0.5, 0.6) is 0 Å². The molecule has 5 heteroatoms. The van der Waals surface area contributed by atoms with E-state index in [-0.39, 0.29) is 4.75 Å². The van der Waals surface area contributed by atoms with Crippen molar-refractivity contribution in [1.82, 2.24) is 10.6 Å². The number of hydrogen-bond donors (Lipinski definition) is 2. The summed E-state index contributed by atoms with van der Waals surface area (Å²) < 4.78 is 11.8. The molecule has 0 aliphatic carbocycles. The van der Waals surface area contributed by atoms with E-state index >= 15 is 0 Å². The highest BCUT2D eigenvalue weighted by molar-refractivity contribution is 7.86. The Hall–Kier alpha value is -1.36. The Bertz CT molecular complexity index is 506. The molecule has 0 bridgehead atoms. The minimum atomic E-state index is -0.845. The predicted molar refractivity (Wildman–Crippen MR) is 92.1 cm³/mol. The molecule has 0 radical (unpaired) electrons. The van der Waals surface area contributed by atoms with Crippen LogP contribution in [0, 0.1) is 6.92 Å². The molecule has 0 fully saturated rings. The van der Waals surface area contributed by atoms with Gasteiger partial charge in [-0.3, -0.25) is 9.20 Å². The molecule has 0 heterocycles. The first-order chi connectivity index (χ1) is 9.84. The van der Waals surface area contributed by atoms with Crippen molar-refractivity contribution < 1.29 is 4.21 Å². The summed E-state index contributed by atoms with van der Waals surface area (Å²) >= 11 is 0. The molecule has 0 spiro atoms. The van der Waals surface area contributed by atoms with Crippen molar-refractivity contribution in [3.63, 3.8) is 0 Å². The molecule has 1 unspecified atom stereocenters. The molecule has 0 aliphatic heterocycles. The average molecular weight is 309 g/mol. The molecule has 0 aliphatic rings. The molecule has 21 heavy (non-hydrogen) atoms. The molecule has 118 valence electrons. The maximum Gasteiger partial charge on any atom is 0.191 e. The second-order valence-corrected chi connectivity index (χ2v) is 8.27. The molecule has 2 N–H and O–H groups in total. The van der Waals surface area contributed by atoms with Crippen molar-refractivity contribution in [2.75, 3.05) is 19.3 Å². The van der Waals surface area contributed by atoms with Gasteiger partial charge in [0.1, 0.15) is 0 Å². The quantitative estimate of drug-likeness (QED) is 0.648. The zero-order valence-corrected chi connectivity index (χ0v) is 14.5. The third-order valence-electron chi connectivity index (χ3n) is 3.19. The lowest BCUT2D eigenvalue weighted by molar-refractivity contribution is 0.647. The molecule has 0 saturated carbocycles. The Morgan fingerprint density at radius 2 is 1.90 bits per heavy atom. The fraction of sp³-hybridized carbons (Fsp3) is 0.562. The van der Waals surface area contributed by atoms with Crippen LogP contribution < -0.4 is 10.6 Å². The number of aliphatic imine (C=N–C) groups is 1. The van der Waals surface area contributed by atoms with Gasteiger partial charge >= 0.3 is 0 Å². The smallest absolute Gasteiger partial charge is 0.191 e. The van der Waals surface area contributed by atoms with Gasteiger partial charge in [0.25, 0.3) is 0 Å². The van der Waals surface area contributed by atoms with Gasteiger partial charge in [-0.15, -0.1) is 0 Å². The lowest BCUT2D eigenvalue weighted by Gasteiger charge is -2.18. The number of benzene rings is 1. The molecular weight excluding hydrogens is 282 g/mol. The standard InChI is InChI=1S/C16H27N3OS/c1-13-8-6-7-9-14(13)12-19-15(17-5)18-10-11-21(20)16(2,3)4/h6-9H,10-12H2,1-5H3,(H2,17,18,19). The van der Waals surface area contributed by atoms with Gasteiger partial charge in [-0.1, -0.05) is 24.3 Å². The Balaban J connectivity index is 2.40. The summed E-state index contributed by atoms with van der Waals surface area (Å²) in [6, 6.07) is 8.27. The first kappa shape index (κ1) is 17.7. The summed E-state index contributed by atoms with van der Waals surface area (Å²) in [5.74, 6) is 1.36. The first-order valence-electron chi connectivity index (χ1n) is 7.22. The maximum atomic E-state index is 12.0. The van der Waals surface area contributed by atoms with Crippen LogP contribution in [-0.2, 0) is 17.3 Å². The minimum absolute atomic E-state index is 0.167. The van der Waals surface area contributed by atoms with Crippen molar-refractivity contribution >= 4 is 16.8 Å². The van der Waals surface area contributed by atoms with E-state index in [1.807, 2.05) is 32.9 Å². The Kier molecular flexibility index (Phi) is 6.89. The molecule has 1 aromatic rings. The zero-order valence-electron chi connectivity index (χ0n) is 13.7. The highest BCUT2D eigenvalue weighted by Crippen LogP contribution is 2.10. The van der Waals surface area contributed by atoms with Crippen LogP contribution in [0.25, 0.3) is 0 Å². The van der Waals surface area contributed by atoms with Gasteiger partial charge in [-0.05, 0) is 38.8 Å². The Morgan fingerprint density at radius 1 is 1.24 bits per heavy atom. The first-order valence-corrected chi connectivity index (χ1v) is 8.54. The number of guanidine groups is 1. The normalized spacial score (nSPS) is 13.9. The van der Waals surface area contributed by atoms with Gasteiger partial charge in [-0.2, -0.15) is 0 Å². The summed E-state index contributed by atoms with van der Waals surface area (Å²) in [5.41, 5.74) is 2.51. The van der Waals surface area contributed by atoms with Gasteiger partial charge in [0.05, 0.1) is 0 Å².